The van der Waals surface area contributed by atoms with Crippen molar-refractivity contribution in [3.05, 3.63) is 0 Å². The molecule has 0 bridgehead atoms. The van der Waals surface area contributed by atoms with E-state index in [0.717, 1.165) is 6.92 Å². The summed E-state index contributed by atoms with van der Waals surface area (Å²) >= 11 is 0. The van der Waals surface area contributed by atoms with Gasteiger partial charge in [0.1, 0.15) is 6.61 Å². The first-order chi connectivity index (χ1) is 4.21. The van der Waals surface area contributed by atoms with Gasteiger partial charge in [0.05, 0.1) is 5.60 Å². The van der Waals surface area contributed by atoms with Crippen molar-refractivity contribution in [2.45, 2.75) is 39.2 Å². The highest BCUT2D eigenvalue weighted by atomic mass is 19.3. The maximum Gasteiger partial charge on any atom is 0.268 e. The van der Waals surface area contributed by atoms with Gasteiger partial charge in [-0.05, 0) is 20.8 Å². The van der Waals surface area contributed by atoms with Crippen LogP contribution in [0.5, 0.6) is 0 Å². The minimum atomic E-state index is -2.71. The number of halogens is 3. The lowest BCUT2D eigenvalue weighted by molar-refractivity contribution is -0.111. The van der Waals surface area contributed by atoms with Crippen LogP contribution in [0.2, 0.25) is 0 Å². The Kier molecular flexibility index (Phi) is 4.79. The van der Waals surface area contributed by atoms with Crippen molar-refractivity contribution in [1.29, 1.82) is 0 Å². The third-order valence-electron chi connectivity index (χ3n) is 0.759. The van der Waals surface area contributed by atoms with Crippen LogP contribution in [0.25, 0.3) is 0 Å². The van der Waals surface area contributed by atoms with Crippen molar-refractivity contribution in [1.82, 2.24) is 0 Å². The Morgan fingerprint density at radius 3 is 1.55 bits per heavy atom. The molecule has 0 amide bonds. The molecule has 0 saturated carbocycles. The van der Waals surface area contributed by atoms with Crippen molar-refractivity contribution in [2.75, 3.05) is 6.61 Å². The van der Waals surface area contributed by atoms with Crippen LogP contribution in [0.1, 0.15) is 27.7 Å². The molecule has 0 heterocycles. The standard InChI is InChI=1S/C7H14F2O.FH/c1-6(2,3)10-5-7(4,8)9;/h5H2,1-4H3;1H. The number of alkyl halides is 2. The van der Waals surface area contributed by atoms with Crippen LogP contribution in [-0.2, 0) is 4.74 Å². The Hall–Kier alpha value is -0.250. The predicted octanol–water partition coefficient (Wildman–Crippen LogP) is 2.61. The van der Waals surface area contributed by atoms with Gasteiger partial charge in [-0.1, -0.05) is 0 Å². The quantitative estimate of drug-likeness (QED) is 0.622. The molecule has 0 atom stereocenters. The fraction of sp³-hybridized carbons (Fsp3) is 1.00. The van der Waals surface area contributed by atoms with Crippen LogP contribution >= 0.6 is 0 Å². The molecule has 0 aliphatic heterocycles. The predicted molar refractivity (Wildman–Crippen MR) is 38.8 cm³/mol. The summed E-state index contributed by atoms with van der Waals surface area (Å²) in [6.45, 7) is 5.59. The van der Waals surface area contributed by atoms with Gasteiger partial charge < -0.3 is 4.74 Å². The second-order valence-electron chi connectivity index (χ2n) is 3.47. The van der Waals surface area contributed by atoms with E-state index in [1.807, 2.05) is 0 Å². The fourth-order valence-corrected chi connectivity index (χ4v) is 0.343. The molecule has 0 radical (unpaired) electrons. The normalized spacial score (nSPS) is 12.5. The Morgan fingerprint density at radius 1 is 1.09 bits per heavy atom. The van der Waals surface area contributed by atoms with E-state index in [1.165, 1.54) is 0 Å². The van der Waals surface area contributed by atoms with Crippen LogP contribution in [0.3, 0.4) is 0 Å². The lowest BCUT2D eigenvalue weighted by atomic mass is 10.2. The number of rotatable bonds is 2. The van der Waals surface area contributed by atoms with E-state index in [9.17, 15) is 8.78 Å². The van der Waals surface area contributed by atoms with Gasteiger partial charge in [0, 0.05) is 6.92 Å². The van der Waals surface area contributed by atoms with E-state index in [2.05, 4.69) is 0 Å². The molecule has 0 saturated heterocycles. The summed E-state index contributed by atoms with van der Waals surface area (Å²) in [5.41, 5.74) is -0.473. The van der Waals surface area contributed by atoms with Crippen LogP contribution in [0, 0.1) is 0 Å². The molecule has 0 fully saturated rings. The first-order valence-corrected chi connectivity index (χ1v) is 3.22. The Bertz CT molecular complexity index is 87.2. The molecule has 0 unspecified atom stereocenters. The molecule has 0 rings (SSSR count). The molecule has 0 aliphatic carbocycles. The van der Waals surface area contributed by atoms with Gasteiger partial charge in [-0.25, -0.2) is 8.78 Å². The summed E-state index contributed by atoms with van der Waals surface area (Å²) in [7, 11) is 0. The summed E-state index contributed by atoms with van der Waals surface area (Å²) in [5.74, 6) is -2.71. The molecular formula is C7H15F3O. The Labute approximate surface area is 65.1 Å². The van der Waals surface area contributed by atoms with Crippen molar-refractivity contribution in [2.24, 2.45) is 0 Å². The van der Waals surface area contributed by atoms with Gasteiger partial charge >= 0.3 is 0 Å². The number of ether oxygens (including phenoxy) is 1. The molecule has 1 nitrogen and oxygen atoms in total. The lowest BCUT2D eigenvalue weighted by Gasteiger charge is -2.21. The SMILES string of the molecule is CC(F)(F)COC(C)(C)C.F. The van der Waals surface area contributed by atoms with Crippen molar-refractivity contribution < 1.29 is 18.2 Å². The second-order valence-corrected chi connectivity index (χ2v) is 3.47. The molecule has 0 aromatic carbocycles. The van der Waals surface area contributed by atoms with Crippen molar-refractivity contribution in [3.63, 3.8) is 0 Å². The molecule has 0 aromatic rings. The number of hydrogen-bond donors (Lipinski definition) is 0. The van der Waals surface area contributed by atoms with Crippen molar-refractivity contribution in [3.8, 4) is 0 Å². The maximum atomic E-state index is 12.1. The summed E-state index contributed by atoms with van der Waals surface area (Å²) < 4.78 is 29.1. The Balaban J connectivity index is 0. The lowest BCUT2D eigenvalue weighted by Crippen LogP contribution is -2.28. The van der Waals surface area contributed by atoms with Gasteiger partial charge in [0.25, 0.3) is 5.92 Å². The summed E-state index contributed by atoms with van der Waals surface area (Å²) in [4.78, 5) is 0. The van der Waals surface area contributed by atoms with E-state index in [0.29, 0.717) is 0 Å². The largest absolute Gasteiger partial charge is 0.370 e. The topological polar surface area (TPSA) is 9.23 Å². The van der Waals surface area contributed by atoms with E-state index < -0.39 is 18.1 Å². The number of hydrogen-bond acceptors (Lipinski definition) is 1. The highest BCUT2D eigenvalue weighted by Gasteiger charge is 2.24. The molecular weight excluding hydrogens is 157 g/mol. The van der Waals surface area contributed by atoms with Gasteiger partial charge in [-0.3, -0.25) is 4.70 Å². The molecule has 0 N–H and O–H groups in total. The van der Waals surface area contributed by atoms with E-state index in [4.69, 9.17) is 4.74 Å². The zero-order chi connectivity index (χ0) is 8.41. The average Bonchev–Trinajstić information content (AvgIpc) is 1.57. The zero-order valence-corrected chi connectivity index (χ0v) is 7.28. The summed E-state index contributed by atoms with van der Waals surface area (Å²) in [6, 6.07) is 0. The van der Waals surface area contributed by atoms with Crippen LogP contribution in [0.4, 0.5) is 13.5 Å². The van der Waals surface area contributed by atoms with Crippen LogP contribution < -0.4 is 0 Å². The van der Waals surface area contributed by atoms with Gasteiger partial charge in [-0.2, -0.15) is 0 Å². The summed E-state index contributed by atoms with van der Waals surface area (Å²) in [5, 5.41) is 0. The minimum absolute atomic E-state index is 0. The molecule has 70 valence electrons. The van der Waals surface area contributed by atoms with Crippen molar-refractivity contribution >= 4 is 0 Å². The third-order valence-corrected chi connectivity index (χ3v) is 0.759. The van der Waals surface area contributed by atoms with E-state index in [-0.39, 0.29) is 4.70 Å². The molecule has 11 heavy (non-hydrogen) atoms. The first-order valence-electron chi connectivity index (χ1n) is 3.22. The van der Waals surface area contributed by atoms with Crippen LogP contribution in [-0.4, -0.2) is 18.1 Å². The maximum absolute atomic E-state index is 12.1. The minimum Gasteiger partial charge on any atom is -0.370 e. The molecule has 4 heteroatoms. The smallest absolute Gasteiger partial charge is 0.268 e. The van der Waals surface area contributed by atoms with E-state index >= 15 is 0 Å². The zero-order valence-electron chi connectivity index (χ0n) is 7.28. The monoisotopic (exact) mass is 172 g/mol. The average molecular weight is 172 g/mol. The second kappa shape index (κ2) is 3.95. The highest BCUT2D eigenvalue weighted by molar-refractivity contribution is 4.63. The van der Waals surface area contributed by atoms with Gasteiger partial charge in [0.2, 0.25) is 0 Å². The van der Waals surface area contributed by atoms with E-state index in [1.54, 1.807) is 20.8 Å². The molecule has 0 spiro atoms. The molecule has 0 aliphatic rings. The Morgan fingerprint density at radius 2 is 1.45 bits per heavy atom. The van der Waals surface area contributed by atoms with Gasteiger partial charge in [-0.15, -0.1) is 0 Å². The third kappa shape index (κ3) is 12.9. The fourth-order valence-electron chi connectivity index (χ4n) is 0.343. The van der Waals surface area contributed by atoms with Crippen LogP contribution in [0.15, 0.2) is 0 Å². The highest BCUT2D eigenvalue weighted by Crippen LogP contribution is 2.16. The molecule has 0 aromatic heterocycles. The first kappa shape index (κ1) is 13.3. The van der Waals surface area contributed by atoms with Gasteiger partial charge in [0.15, 0.2) is 0 Å². The summed E-state index contributed by atoms with van der Waals surface area (Å²) in [6.07, 6.45) is 0.